The Kier molecular flexibility index (Phi) is 5.35. The highest BCUT2D eigenvalue weighted by Gasteiger charge is 2.10. The largest absolute Gasteiger partial charge is 0.351 e. The van der Waals surface area contributed by atoms with Crippen molar-refractivity contribution >= 4 is 5.91 Å². The molecule has 0 atom stereocenters. The predicted molar refractivity (Wildman–Crippen MR) is 92.7 cm³/mol. The molecule has 1 heterocycles. The molecule has 5 heteroatoms. The highest BCUT2D eigenvalue weighted by Crippen LogP contribution is 2.03. The molecule has 0 radical (unpaired) electrons. The lowest BCUT2D eigenvalue weighted by atomic mass is 10.1. The molecule has 2 aromatic carbocycles. The van der Waals surface area contributed by atoms with Crippen LogP contribution in [0.2, 0.25) is 0 Å². The molecule has 3 aromatic rings. The van der Waals surface area contributed by atoms with Crippen LogP contribution in [-0.4, -0.2) is 27.4 Å². The summed E-state index contributed by atoms with van der Waals surface area (Å²) in [6.45, 7) is 1.23. The zero-order chi connectivity index (χ0) is 16.6. The fraction of sp³-hybridized carbons (Fsp3) is 0.211. The quantitative estimate of drug-likeness (QED) is 0.681. The van der Waals surface area contributed by atoms with E-state index in [1.165, 1.54) is 5.56 Å². The second-order valence-electron chi connectivity index (χ2n) is 5.63. The van der Waals surface area contributed by atoms with Crippen LogP contribution >= 0.6 is 0 Å². The van der Waals surface area contributed by atoms with Gasteiger partial charge in [-0.05, 0) is 24.0 Å². The van der Waals surface area contributed by atoms with Crippen LogP contribution in [-0.2, 0) is 13.0 Å². The number of amides is 1. The van der Waals surface area contributed by atoms with Crippen LogP contribution in [0.5, 0.6) is 0 Å². The number of nitrogens with one attached hydrogen (secondary N) is 1. The van der Waals surface area contributed by atoms with E-state index in [0.717, 1.165) is 18.4 Å². The minimum atomic E-state index is -0.178. The number of rotatable bonds is 7. The lowest BCUT2D eigenvalue weighted by Crippen LogP contribution is -2.25. The number of aromatic nitrogens is 3. The molecule has 0 saturated heterocycles. The second-order valence-corrected chi connectivity index (χ2v) is 5.63. The molecular formula is C19H20N4O. The molecule has 0 bridgehead atoms. The maximum absolute atomic E-state index is 12.1. The average Bonchev–Trinajstić information content (AvgIpc) is 3.09. The van der Waals surface area contributed by atoms with Crippen molar-refractivity contribution in [2.75, 3.05) is 6.54 Å². The standard InChI is InChI=1S/C19H20N4O/c24-19(20-13-7-12-16-8-3-1-4-9-16)18-15-23(22-21-18)14-17-10-5-2-6-11-17/h1-6,8-11,15H,7,12-14H2,(H,20,24). The number of benzene rings is 2. The van der Waals surface area contributed by atoms with Gasteiger partial charge < -0.3 is 5.32 Å². The van der Waals surface area contributed by atoms with E-state index in [4.69, 9.17) is 0 Å². The monoisotopic (exact) mass is 320 g/mol. The van der Waals surface area contributed by atoms with Gasteiger partial charge in [-0.3, -0.25) is 4.79 Å². The van der Waals surface area contributed by atoms with Gasteiger partial charge in [-0.25, -0.2) is 4.68 Å². The first-order valence-electron chi connectivity index (χ1n) is 8.07. The SMILES string of the molecule is O=C(NCCCc1ccccc1)c1cn(Cc2ccccc2)nn1. The summed E-state index contributed by atoms with van der Waals surface area (Å²) in [6.07, 6.45) is 3.52. The van der Waals surface area contributed by atoms with Gasteiger partial charge in [0.25, 0.3) is 5.91 Å². The van der Waals surface area contributed by atoms with Crippen LogP contribution in [0.25, 0.3) is 0 Å². The van der Waals surface area contributed by atoms with Crippen molar-refractivity contribution in [1.29, 1.82) is 0 Å². The minimum absolute atomic E-state index is 0.178. The van der Waals surface area contributed by atoms with Crippen molar-refractivity contribution in [2.45, 2.75) is 19.4 Å². The molecule has 24 heavy (non-hydrogen) atoms. The van der Waals surface area contributed by atoms with Crippen molar-refractivity contribution < 1.29 is 4.79 Å². The van der Waals surface area contributed by atoms with Crippen LogP contribution < -0.4 is 5.32 Å². The first-order valence-corrected chi connectivity index (χ1v) is 8.07. The highest BCUT2D eigenvalue weighted by molar-refractivity contribution is 5.91. The van der Waals surface area contributed by atoms with Gasteiger partial charge in [-0.1, -0.05) is 65.9 Å². The number of hydrogen-bond donors (Lipinski definition) is 1. The first-order chi connectivity index (χ1) is 11.8. The molecular weight excluding hydrogens is 300 g/mol. The summed E-state index contributed by atoms with van der Waals surface area (Å²) in [4.78, 5) is 12.1. The zero-order valence-electron chi connectivity index (χ0n) is 13.4. The molecule has 0 fully saturated rings. The van der Waals surface area contributed by atoms with Crippen LogP contribution in [0.15, 0.2) is 66.9 Å². The van der Waals surface area contributed by atoms with Gasteiger partial charge >= 0.3 is 0 Å². The van der Waals surface area contributed by atoms with E-state index in [1.807, 2.05) is 48.5 Å². The normalized spacial score (nSPS) is 10.5. The van der Waals surface area contributed by atoms with Crippen LogP contribution in [0, 0.1) is 0 Å². The maximum atomic E-state index is 12.1. The zero-order valence-corrected chi connectivity index (χ0v) is 13.4. The highest BCUT2D eigenvalue weighted by atomic mass is 16.2. The van der Waals surface area contributed by atoms with E-state index < -0.39 is 0 Å². The number of carbonyl (C=O) groups excluding carboxylic acids is 1. The number of carbonyl (C=O) groups is 1. The molecule has 1 aromatic heterocycles. The second kappa shape index (κ2) is 8.06. The molecule has 122 valence electrons. The third-order valence-electron chi connectivity index (χ3n) is 3.73. The predicted octanol–water partition coefficient (Wildman–Crippen LogP) is 2.69. The summed E-state index contributed by atoms with van der Waals surface area (Å²) in [5, 5.41) is 10.9. The molecule has 1 N–H and O–H groups in total. The third kappa shape index (κ3) is 4.52. The Labute approximate surface area is 141 Å². The van der Waals surface area contributed by atoms with Crippen molar-refractivity contribution in [3.8, 4) is 0 Å². The van der Waals surface area contributed by atoms with Gasteiger partial charge in [0.2, 0.25) is 0 Å². The van der Waals surface area contributed by atoms with Gasteiger partial charge in [0.15, 0.2) is 5.69 Å². The molecule has 0 saturated carbocycles. The van der Waals surface area contributed by atoms with Crippen molar-refractivity contribution in [1.82, 2.24) is 20.3 Å². The van der Waals surface area contributed by atoms with Crippen LogP contribution in [0.3, 0.4) is 0 Å². The van der Waals surface area contributed by atoms with Gasteiger partial charge in [0, 0.05) is 6.54 Å². The molecule has 0 spiro atoms. The lowest BCUT2D eigenvalue weighted by Gasteiger charge is -2.03. The van der Waals surface area contributed by atoms with Gasteiger partial charge in [-0.15, -0.1) is 5.10 Å². The van der Waals surface area contributed by atoms with Crippen molar-refractivity contribution in [2.24, 2.45) is 0 Å². The van der Waals surface area contributed by atoms with Crippen LogP contribution in [0.4, 0.5) is 0 Å². The van der Waals surface area contributed by atoms with Gasteiger partial charge in [0.05, 0.1) is 12.7 Å². The van der Waals surface area contributed by atoms with Crippen LogP contribution in [0.1, 0.15) is 28.0 Å². The summed E-state index contributed by atoms with van der Waals surface area (Å²) in [7, 11) is 0. The van der Waals surface area contributed by atoms with E-state index >= 15 is 0 Å². The molecule has 0 aliphatic rings. The smallest absolute Gasteiger partial charge is 0.273 e. The van der Waals surface area contributed by atoms with E-state index in [9.17, 15) is 4.79 Å². The summed E-state index contributed by atoms with van der Waals surface area (Å²) >= 11 is 0. The average molecular weight is 320 g/mol. The molecule has 0 aliphatic carbocycles. The Bertz CT molecular complexity index is 768. The minimum Gasteiger partial charge on any atom is -0.351 e. The van der Waals surface area contributed by atoms with E-state index in [0.29, 0.717) is 18.8 Å². The Morgan fingerprint density at radius 2 is 1.62 bits per heavy atom. The Morgan fingerprint density at radius 1 is 0.958 bits per heavy atom. The summed E-state index contributed by atoms with van der Waals surface area (Å²) in [6, 6.07) is 20.2. The Morgan fingerprint density at radius 3 is 2.33 bits per heavy atom. The van der Waals surface area contributed by atoms with Gasteiger partial charge in [0.1, 0.15) is 0 Å². The third-order valence-corrected chi connectivity index (χ3v) is 3.73. The molecule has 5 nitrogen and oxygen atoms in total. The van der Waals surface area contributed by atoms with E-state index in [-0.39, 0.29) is 5.91 Å². The fourth-order valence-electron chi connectivity index (χ4n) is 2.48. The van der Waals surface area contributed by atoms with E-state index in [2.05, 4.69) is 27.8 Å². The van der Waals surface area contributed by atoms with Crippen molar-refractivity contribution in [3.05, 3.63) is 83.7 Å². The lowest BCUT2D eigenvalue weighted by molar-refractivity contribution is 0.0948. The molecule has 3 rings (SSSR count). The summed E-state index contributed by atoms with van der Waals surface area (Å²) in [5.74, 6) is -0.178. The maximum Gasteiger partial charge on any atom is 0.273 e. The molecule has 0 aliphatic heterocycles. The van der Waals surface area contributed by atoms with Crippen molar-refractivity contribution in [3.63, 3.8) is 0 Å². The summed E-state index contributed by atoms with van der Waals surface area (Å²) in [5.41, 5.74) is 2.75. The first kappa shape index (κ1) is 15.9. The fourth-order valence-corrected chi connectivity index (χ4v) is 2.48. The molecule has 1 amide bonds. The Balaban J connectivity index is 1.45. The van der Waals surface area contributed by atoms with Gasteiger partial charge in [-0.2, -0.15) is 0 Å². The summed E-state index contributed by atoms with van der Waals surface area (Å²) < 4.78 is 1.67. The number of hydrogen-bond acceptors (Lipinski definition) is 3. The Hall–Kier alpha value is -2.95. The number of aryl methyl sites for hydroxylation is 1. The van der Waals surface area contributed by atoms with E-state index in [1.54, 1.807) is 10.9 Å². The molecule has 0 unspecified atom stereocenters. The topological polar surface area (TPSA) is 59.8 Å². The number of nitrogens with zero attached hydrogens (tertiary/aromatic N) is 3.